The second-order valence-corrected chi connectivity index (χ2v) is 21.1. The Balaban J connectivity index is 1.11. The zero-order chi connectivity index (χ0) is 42.6. The van der Waals surface area contributed by atoms with Crippen molar-refractivity contribution in [2.45, 2.75) is 114 Å². The Hall–Kier alpha value is -3.51. The number of thioether (sulfide) groups is 2. The molecule has 322 valence electrons. The average Bonchev–Trinajstić information content (AvgIpc) is 3.99. The third-order valence-corrected chi connectivity index (χ3v) is 16.1. The lowest BCUT2D eigenvalue weighted by molar-refractivity contribution is -0.146. The zero-order valence-corrected chi connectivity index (χ0v) is 37.7. The van der Waals surface area contributed by atoms with Gasteiger partial charge < -0.3 is 29.0 Å². The largest absolute Gasteiger partial charge is 0.340 e. The first kappa shape index (κ1) is 46.0. The van der Waals surface area contributed by atoms with Crippen molar-refractivity contribution in [1.82, 2.24) is 15.1 Å². The number of rotatable bonds is 18. The number of nitrogens with one attached hydrogen (secondary N) is 1. The molecule has 3 amide bonds. The van der Waals surface area contributed by atoms with E-state index in [-0.39, 0.29) is 65.3 Å². The molecule has 3 aliphatic heterocycles. The maximum Gasteiger partial charge on any atom is 0.335 e. The molecule has 4 heterocycles. The number of carbonyl (C=O) groups is 5. The highest BCUT2D eigenvalue weighted by molar-refractivity contribution is 8.13. The molecule has 5 atom stereocenters. The van der Waals surface area contributed by atoms with Gasteiger partial charge in [0, 0.05) is 41.6 Å². The Morgan fingerprint density at radius 2 is 1.58 bits per heavy atom. The molecule has 0 saturated carbocycles. The minimum absolute atomic E-state index is 0.0300. The summed E-state index contributed by atoms with van der Waals surface area (Å²) in [5, 5.41) is 3.89. The number of carbonyl (C=O) groups excluding carboxylic acids is 5. The average molecular weight is 895 g/mol. The maximum atomic E-state index is 14.4. The molecule has 12 nitrogen and oxygen atoms in total. The lowest BCUT2D eigenvalue weighted by Crippen LogP contribution is -2.56. The molecule has 3 aliphatic rings. The summed E-state index contributed by atoms with van der Waals surface area (Å²) in [5.41, 5.74) is 1.72. The second kappa shape index (κ2) is 22.0. The predicted octanol–water partition coefficient (Wildman–Crippen LogP) is 8.69. The van der Waals surface area contributed by atoms with E-state index in [1.807, 2.05) is 62.4 Å². The van der Waals surface area contributed by atoms with E-state index in [4.69, 9.17) is 15.6 Å². The number of likely N-dealkylation sites (tertiary alicyclic amines) is 1. The first-order valence-electron chi connectivity index (χ1n) is 21.1. The smallest absolute Gasteiger partial charge is 0.335 e. The van der Waals surface area contributed by atoms with Crippen LogP contribution in [0.2, 0.25) is 0 Å². The summed E-state index contributed by atoms with van der Waals surface area (Å²) in [6.07, 6.45) is 6.61. The van der Waals surface area contributed by atoms with Crippen molar-refractivity contribution in [1.29, 1.82) is 0 Å². The molecule has 60 heavy (non-hydrogen) atoms. The second-order valence-electron chi connectivity index (χ2n) is 15.6. The number of hydrogen-bond acceptors (Lipinski definition) is 11. The van der Waals surface area contributed by atoms with Gasteiger partial charge in [-0.25, -0.2) is 6.57 Å². The van der Waals surface area contributed by atoms with Crippen molar-refractivity contribution in [3.05, 3.63) is 82.0 Å². The third-order valence-electron chi connectivity index (χ3n) is 11.3. The quantitative estimate of drug-likeness (QED) is 0.0749. The van der Waals surface area contributed by atoms with E-state index >= 15 is 0 Å². The van der Waals surface area contributed by atoms with Crippen LogP contribution < -0.4 is 5.32 Å². The number of hydrogen-bond donors (Lipinski definition) is 1. The lowest BCUT2D eigenvalue weighted by atomic mass is 9.95. The van der Waals surface area contributed by atoms with Crippen LogP contribution in [0, 0.1) is 6.57 Å². The Labute approximate surface area is 365 Å². The molecule has 16 heteroatoms. The molecular weight excluding hydrogens is 840 g/mol. The summed E-state index contributed by atoms with van der Waals surface area (Å²) in [4.78, 5) is 74.2. The van der Waals surface area contributed by atoms with E-state index in [0.717, 1.165) is 77.7 Å². The van der Waals surface area contributed by atoms with Crippen LogP contribution in [-0.2, 0) is 39.0 Å². The van der Waals surface area contributed by atoms with Gasteiger partial charge in [-0.3, -0.25) is 28.5 Å². The third kappa shape index (κ3) is 11.9. The van der Waals surface area contributed by atoms with Crippen molar-refractivity contribution < 1.29 is 37.6 Å². The topological polar surface area (TPSA) is 144 Å². The molecule has 3 aromatic rings. The first-order chi connectivity index (χ1) is 29.0. The fraction of sp³-hybridized carbons (Fsp3) is 0.545. The Bertz CT molecular complexity index is 2060. The van der Waals surface area contributed by atoms with E-state index in [2.05, 4.69) is 10.2 Å². The zero-order valence-electron chi connectivity index (χ0n) is 34.4. The minimum atomic E-state index is -3.68. The predicted molar refractivity (Wildman–Crippen MR) is 239 cm³/mol. The highest BCUT2D eigenvalue weighted by atomic mass is 32.2. The lowest BCUT2D eigenvalue weighted by Gasteiger charge is -2.36. The number of amides is 3. The molecule has 0 bridgehead atoms. The molecule has 0 spiro atoms. The van der Waals surface area contributed by atoms with Crippen molar-refractivity contribution in [3.8, 4) is 0 Å². The minimum Gasteiger partial charge on any atom is -0.340 e. The van der Waals surface area contributed by atoms with Gasteiger partial charge in [0.1, 0.15) is 12.1 Å². The Kier molecular flexibility index (Phi) is 16.9. The number of thiophene rings is 1. The van der Waals surface area contributed by atoms with Gasteiger partial charge >= 0.3 is 7.60 Å². The highest BCUT2D eigenvalue weighted by Crippen LogP contribution is 2.52. The summed E-state index contributed by atoms with van der Waals surface area (Å²) in [6.45, 7) is 12.6. The molecule has 1 N–H and O–H groups in total. The van der Waals surface area contributed by atoms with Crippen molar-refractivity contribution in [2.75, 3.05) is 37.8 Å². The van der Waals surface area contributed by atoms with Crippen molar-refractivity contribution >= 4 is 80.5 Å². The van der Waals surface area contributed by atoms with E-state index in [9.17, 15) is 28.5 Å². The SMILES string of the molecule is [C-]#[N+][C@H]1CN(C(=O)[C@@H]2CC[C@@H]3CCCC[C@H](NC(=O)c4cc5cc(CP(=O)(OCCSC(=O)CCC)OCCSC(=O)CCC)ccc5s4)C(=O)N32)C[C@@H]1c1ccccc1. The molecule has 0 unspecified atom stereocenters. The molecule has 6 rings (SSSR count). The van der Waals surface area contributed by atoms with Gasteiger partial charge in [0.05, 0.1) is 36.7 Å². The number of fused-ring (bicyclic) bond motifs is 2. The van der Waals surface area contributed by atoms with Gasteiger partial charge in [0.25, 0.3) is 5.91 Å². The van der Waals surface area contributed by atoms with Crippen LogP contribution in [0.1, 0.15) is 105 Å². The molecule has 3 fully saturated rings. The molecular formula is C44H55N4O8PS3. The van der Waals surface area contributed by atoms with Crippen LogP contribution in [0.4, 0.5) is 0 Å². The van der Waals surface area contributed by atoms with E-state index in [1.54, 1.807) is 15.9 Å². The van der Waals surface area contributed by atoms with Crippen molar-refractivity contribution in [2.24, 2.45) is 0 Å². The summed E-state index contributed by atoms with van der Waals surface area (Å²) in [7, 11) is -3.68. The number of nitrogens with zero attached hydrogens (tertiary/aromatic N) is 3. The van der Waals surface area contributed by atoms with Gasteiger partial charge in [0.2, 0.25) is 17.9 Å². The van der Waals surface area contributed by atoms with Crippen LogP contribution >= 0.6 is 42.5 Å². The van der Waals surface area contributed by atoms with Crippen LogP contribution in [0.15, 0.2) is 54.6 Å². The number of benzene rings is 2. The van der Waals surface area contributed by atoms with E-state index < -0.39 is 19.7 Å². The molecule has 1 aromatic heterocycles. The monoisotopic (exact) mass is 894 g/mol. The fourth-order valence-corrected chi connectivity index (χ4v) is 12.7. The van der Waals surface area contributed by atoms with Crippen LogP contribution in [-0.4, -0.2) is 99.7 Å². The van der Waals surface area contributed by atoms with E-state index in [1.165, 1.54) is 11.3 Å². The maximum absolute atomic E-state index is 14.4. The van der Waals surface area contributed by atoms with E-state index in [0.29, 0.717) is 60.7 Å². The Morgan fingerprint density at radius 3 is 2.25 bits per heavy atom. The first-order valence-corrected chi connectivity index (χ1v) is 25.6. The summed E-state index contributed by atoms with van der Waals surface area (Å²) >= 11 is 3.58. The summed E-state index contributed by atoms with van der Waals surface area (Å²) in [5.74, 6) is -0.125. The summed E-state index contributed by atoms with van der Waals surface area (Å²) in [6, 6.07) is 15.3. The van der Waals surface area contributed by atoms with Gasteiger partial charge in [0.15, 0.2) is 10.2 Å². The summed E-state index contributed by atoms with van der Waals surface area (Å²) < 4.78 is 26.5. The van der Waals surface area contributed by atoms with Gasteiger partial charge in [-0.2, -0.15) is 0 Å². The molecule has 3 saturated heterocycles. The van der Waals surface area contributed by atoms with Gasteiger partial charge in [-0.1, -0.05) is 86.6 Å². The fourth-order valence-electron chi connectivity index (χ4n) is 8.34. The van der Waals surface area contributed by atoms with Crippen LogP contribution in [0.25, 0.3) is 14.9 Å². The molecule has 2 aromatic carbocycles. The van der Waals surface area contributed by atoms with Gasteiger partial charge in [-0.15, -0.1) is 11.3 Å². The molecule has 0 radical (unpaired) electrons. The molecule has 0 aliphatic carbocycles. The van der Waals surface area contributed by atoms with Crippen molar-refractivity contribution in [3.63, 3.8) is 0 Å². The standard InChI is InChI=1S/C44H55N4O8PS3/c1-4-11-40(49)58-23-21-55-57(54,56-22-24-59-41(50)12-5-2)29-30-17-20-38-32(25-30)26-39(60-38)42(51)46-35-16-10-9-15-33-18-19-37(48(33)43(35)52)44(53)47-27-34(36(28-47)45-3)31-13-7-6-8-14-31/h6-8,13-14,17,20,25-26,33-37H,4-5,9-12,15-16,18-19,21-24,27-29H2,1-2H3,(H,46,51)/t33-,34+,35-,36-,37-/m0/s1. The normalized spacial score (nSPS) is 21.9. The Morgan fingerprint density at radius 1 is 0.900 bits per heavy atom. The van der Waals surface area contributed by atoms with Crippen LogP contribution in [0.5, 0.6) is 0 Å². The van der Waals surface area contributed by atoms with Gasteiger partial charge in [-0.05, 0) is 73.2 Å². The van der Waals surface area contributed by atoms with Crippen LogP contribution in [0.3, 0.4) is 0 Å². The highest BCUT2D eigenvalue weighted by Gasteiger charge is 2.48.